The molecule has 0 saturated carbocycles. The van der Waals surface area contributed by atoms with E-state index in [4.69, 9.17) is 9.47 Å². The summed E-state index contributed by atoms with van der Waals surface area (Å²) in [5.41, 5.74) is 3.12. The third-order valence-electron chi connectivity index (χ3n) is 4.86. The zero-order valence-electron chi connectivity index (χ0n) is 17.6. The van der Waals surface area contributed by atoms with Gasteiger partial charge in [-0.05, 0) is 62.3 Å². The maximum Gasteiger partial charge on any atom is 0.340 e. The predicted octanol–water partition coefficient (Wildman–Crippen LogP) is 4.15. The molecule has 1 unspecified atom stereocenters. The van der Waals surface area contributed by atoms with Crippen molar-refractivity contribution in [3.8, 4) is 0 Å². The lowest BCUT2D eigenvalue weighted by atomic mass is 10.1. The first-order valence-electron chi connectivity index (χ1n) is 9.77. The van der Waals surface area contributed by atoms with E-state index in [0.717, 1.165) is 11.1 Å². The zero-order valence-corrected chi connectivity index (χ0v) is 18.4. The number of hydrogen-bond donors (Lipinski definition) is 0. The second-order valence-electron chi connectivity index (χ2n) is 6.86. The Labute approximate surface area is 179 Å². The van der Waals surface area contributed by atoms with Gasteiger partial charge in [0.15, 0.2) is 10.6 Å². The number of aryl methyl sites for hydroxylation is 2. The van der Waals surface area contributed by atoms with E-state index < -0.39 is 23.1 Å². The van der Waals surface area contributed by atoms with Crippen molar-refractivity contribution in [2.45, 2.75) is 31.4 Å². The van der Waals surface area contributed by atoms with Crippen molar-refractivity contribution in [1.82, 2.24) is 4.57 Å². The molecule has 1 atom stereocenters. The van der Waals surface area contributed by atoms with Crippen LogP contribution in [0.4, 0.5) is 0 Å². The van der Waals surface area contributed by atoms with Gasteiger partial charge in [-0.1, -0.05) is 17.7 Å². The summed E-state index contributed by atoms with van der Waals surface area (Å²) in [6.07, 6.45) is 0. The highest BCUT2D eigenvalue weighted by Crippen LogP contribution is 2.30. The Morgan fingerprint density at radius 2 is 1.63 bits per heavy atom. The number of fused-ring (bicyclic) bond motifs is 1. The van der Waals surface area contributed by atoms with E-state index in [1.807, 2.05) is 42.8 Å². The van der Waals surface area contributed by atoms with Crippen LogP contribution in [0.1, 0.15) is 45.8 Å². The largest absolute Gasteiger partial charge is 0.611 e. The first kappa shape index (κ1) is 21.9. The first-order valence-corrected chi connectivity index (χ1v) is 11.1. The summed E-state index contributed by atoms with van der Waals surface area (Å²) in [6, 6.07) is 12.5. The van der Waals surface area contributed by atoms with Crippen LogP contribution in [0.3, 0.4) is 0 Å². The molecule has 0 N–H and O–H groups in total. The van der Waals surface area contributed by atoms with Gasteiger partial charge in [0.25, 0.3) is 0 Å². The van der Waals surface area contributed by atoms with Gasteiger partial charge in [0.05, 0.1) is 30.0 Å². The van der Waals surface area contributed by atoms with Crippen LogP contribution in [-0.2, 0) is 33.5 Å². The summed E-state index contributed by atoms with van der Waals surface area (Å²) in [5.74, 6) is -0.806. The maximum absolute atomic E-state index is 13.0. The van der Waals surface area contributed by atoms with Gasteiger partial charge < -0.3 is 18.6 Å². The second-order valence-corrected chi connectivity index (χ2v) is 8.31. The van der Waals surface area contributed by atoms with Crippen molar-refractivity contribution in [1.29, 1.82) is 0 Å². The van der Waals surface area contributed by atoms with Crippen molar-refractivity contribution in [2.75, 3.05) is 13.2 Å². The number of aromatic nitrogens is 1. The number of carbonyl (C=O) groups excluding carboxylic acids is 2. The lowest BCUT2D eigenvalue weighted by Crippen LogP contribution is -2.14. The Hall–Kier alpha value is -2.77. The molecule has 0 saturated heterocycles. The van der Waals surface area contributed by atoms with Gasteiger partial charge >= 0.3 is 11.9 Å². The quantitative estimate of drug-likeness (QED) is 0.418. The number of esters is 2. The fraction of sp³-hybridized carbons (Fsp3) is 0.304. The minimum Gasteiger partial charge on any atom is -0.611 e. The topological polar surface area (TPSA) is 80.6 Å². The van der Waals surface area contributed by atoms with Crippen molar-refractivity contribution in [3.63, 3.8) is 0 Å². The molecule has 0 aliphatic rings. The van der Waals surface area contributed by atoms with Gasteiger partial charge in [-0.2, -0.15) is 0 Å². The van der Waals surface area contributed by atoms with Crippen LogP contribution in [0.5, 0.6) is 0 Å². The van der Waals surface area contributed by atoms with Crippen LogP contribution >= 0.6 is 0 Å². The van der Waals surface area contributed by atoms with Crippen molar-refractivity contribution >= 4 is 34.0 Å². The molecule has 0 amide bonds. The number of nitrogens with zero attached hydrogens (tertiary/aromatic N) is 1. The minimum atomic E-state index is -1.35. The molecule has 7 heteroatoms. The second kappa shape index (κ2) is 9.36. The average molecular weight is 428 g/mol. The van der Waals surface area contributed by atoms with Crippen molar-refractivity contribution < 1.29 is 23.6 Å². The number of hydrogen-bond acceptors (Lipinski definition) is 5. The van der Waals surface area contributed by atoms with E-state index in [2.05, 4.69) is 0 Å². The number of carbonyl (C=O) groups is 2. The van der Waals surface area contributed by atoms with Gasteiger partial charge in [-0.3, -0.25) is 0 Å². The zero-order chi connectivity index (χ0) is 21.8. The highest BCUT2D eigenvalue weighted by Gasteiger charge is 2.27. The normalized spacial score (nSPS) is 12.0. The molecule has 1 heterocycles. The van der Waals surface area contributed by atoms with E-state index in [9.17, 15) is 14.1 Å². The van der Waals surface area contributed by atoms with E-state index in [1.165, 1.54) is 0 Å². The fourth-order valence-corrected chi connectivity index (χ4v) is 4.53. The predicted molar refractivity (Wildman–Crippen MR) is 116 cm³/mol. The lowest BCUT2D eigenvalue weighted by molar-refractivity contribution is 0.0515. The van der Waals surface area contributed by atoms with Gasteiger partial charge in [0.2, 0.25) is 0 Å². The third kappa shape index (κ3) is 4.37. The van der Waals surface area contributed by atoms with Crippen LogP contribution in [0.15, 0.2) is 47.4 Å². The molecule has 0 fully saturated rings. The van der Waals surface area contributed by atoms with Crippen LogP contribution in [0, 0.1) is 6.92 Å². The molecule has 0 aliphatic carbocycles. The number of ether oxygens (including phenoxy) is 2. The van der Waals surface area contributed by atoms with E-state index in [0.29, 0.717) is 27.1 Å². The lowest BCUT2D eigenvalue weighted by Gasteiger charge is -2.13. The van der Waals surface area contributed by atoms with Crippen LogP contribution in [0.2, 0.25) is 0 Å². The Balaban J connectivity index is 2.10. The highest BCUT2D eigenvalue weighted by molar-refractivity contribution is 7.90. The van der Waals surface area contributed by atoms with Crippen LogP contribution < -0.4 is 0 Å². The molecule has 0 aliphatic heterocycles. The van der Waals surface area contributed by atoms with Gasteiger partial charge in [0.1, 0.15) is 0 Å². The highest BCUT2D eigenvalue weighted by atomic mass is 32.2. The summed E-state index contributed by atoms with van der Waals surface area (Å²) in [4.78, 5) is 25.7. The molecule has 6 nitrogen and oxygen atoms in total. The number of benzene rings is 2. The Bertz CT molecular complexity index is 1070. The molecular weight excluding hydrogens is 402 g/mol. The van der Waals surface area contributed by atoms with Gasteiger partial charge in [-0.15, -0.1) is 0 Å². The summed E-state index contributed by atoms with van der Waals surface area (Å²) in [5, 5.41) is 0.581. The molecule has 3 aromatic rings. The van der Waals surface area contributed by atoms with Gasteiger partial charge in [-0.25, -0.2) is 9.59 Å². The fourth-order valence-electron chi connectivity index (χ4n) is 3.34. The molecule has 1 aromatic heterocycles. The third-order valence-corrected chi connectivity index (χ3v) is 6.20. The van der Waals surface area contributed by atoms with E-state index >= 15 is 0 Å². The van der Waals surface area contributed by atoms with E-state index in [-0.39, 0.29) is 19.0 Å². The summed E-state index contributed by atoms with van der Waals surface area (Å²) in [7, 11) is 1.82. The number of rotatable bonds is 7. The molecule has 3 rings (SSSR count). The summed E-state index contributed by atoms with van der Waals surface area (Å²) in [6.45, 7) is 5.92. The van der Waals surface area contributed by atoms with E-state index in [1.54, 1.807) is 32.0 Å². The Morgan fingerprint density at radius 1 is 1.00 bits per heavy atom. The SMILES string of the molecule is CCOC(=O)c1ccc2c(c1)c(C(=O)OCC)c(C[S+]([O-])c1ccc(C)cc1)n2C. The summed E-state index contributed by atoms with van der Waals surface area (Å²) < 4.78 is 25.2. The molecule has 0 bridgehead atoms. The Morgan fingerprint density at radius 3 is 2.27 bits per heavy atom. The molecular formula is C23H25NO5S. The monoisotopic (exact) mass is 427 g/mol. The minimum absolute atomic E-state index is 0.150. The van der Waals surface area contributed by atoms with Crippen molar-refractivity contribution in [2.24, 2.45) is 7.05 Å². The Kier molecular flexibility index (Phi) is 6.84. The van der Waals surface area contributed by atoms with Crippen molar-refractivity contribution in [3.05, 3.63) is 64.8 Å². The molecule has 0 spiro atoms. The molecule has 30 heavy (non-hydrogen) atoms. The van der Waals surface area contributed by atoms with Crippen LogP contribution in [0.25, 0.3) is 10.9 Å². The van der Waals surface area contributed by atoms with Gasteiger partial charge in [0, 0.05) is 18.0 Å². The maximum atomic E-state index is 13.0. The summed E-state index contributed by atoms with van der Waals surface area (Å²) >= 11 is -1.35. The van der Waals surface area contributed by atoms with Crippen LogP contribution in [-0.4, -0.2) is 34.3 Å². The molecule has 2 aromatic carbocycles. The average Bonchev–Trinajstić information content (AvgIpc) is 3.00. The molecule has 158 valence electrons. The smallest absolute Gasteiger partial charge is 0.340 e. The molecule has 0 radical (unpaired) electrons. The standard InChI is InChI=1S/C23H25NO5S/c1-5-28-22(25)16-9-12-19-18(13-16)21(23(26)29-6-2)20(24(19)4)14-30(27)17-10-7-15(3)8-11-17/h7-13H,5-6,14H2,1-4H3. The first-order chi connectivity index (χ1) is 14.4.